The lowest BCUT2D eigenvalue weighted by Gasteiger charge is -2.13. The lowest BCUT2D eigenvalue weighted by molar-refractivity contribution is -0.123. The summed E-state index contributed by atoms with van der Waals surface area (Å²) in [5.41, 5.74) is 6.23. The number of anilines is 1. The van der Waals surface area contributed by atoms with Gasteiger partial charge < -0.3 is 15.8 Å². The van der Waals surface area contributed by atoms with Gasteiger partial charge in [-0.2, -0.15) is 0 Å². The average Bonchev–Trinajstić information content (AvgIpc) is 2.27. The molecule has 0 radical (unpaired) electrons. The van der Waals surface area contributed by atoms with Gasteiger partial charge in [0.2, 0.25) is 0 Å². The predicted octanol–water partition coefficient (Wildman–Crippen LogP) is 1.95. The second-order valence-electron chi connectivity index (χ2n) is 4.12. The molecule has 0 saturated heterocycles. The van der Waals surface area contributed by atoms with Crippen molar-refractivity contribution in [2.75, 3.05) is 12.3 Å². The molecule has 1 atom stereocenters. The van der Waals surface area contributed by atoms with Crippen LogP contribution in [-0.4, -0.2) is 18.6 Å². The van der Waals surface area contributed by atoms with E-state index in [1.165, 1.54) is 0 Å². The van der Waals surface area contributed by atoms with Gasteiger partial charge in [0.25, 0.3) is 5.91 Å². The van der Waals surface area contributed by atoms with Gasteiger partial charge in [0.1, 0.15) is 5.75 Å². The Morgan fingerprint density at radius 3 is 2.94 bits per heavy atom. The number of rotatable bonds is 6. The molecule has 1 amide bonds. The molecule has 0 aromatic heterocycles. The van der Waals surface area contributed by atoms with Crippen LogP contribution in [0.5, 0.6) is 5.75 Å². The number of hydrogen-bond donors (Lipinski definition) is 2. The molecule has 1 rings (SSSR count). The molecular formula is C13H20N2O2. The van der Waals surface area contributed by atoms with E-state index in [-0.39, 0.29) is 18.6 Å². The maximum absolute atomic E-state index is 11.5. The minimum absolute atomic E-state index is 0.0253. The van der Waals surface area contributed by atoms with Crippen molar-refractivity contribution in [3.8, 4) is 5.75 Å². The average molecular weight is 236 g/mol. The van der Waals surface area contributed by atoms with Crippen LogP contribution in [0.15, 0.2) is 24.3 Å². The fourth-order valence-electron chi connectivity index (χ4n) is 1.57. The largest absolute Gasteiger partial charge is 0.484 e. The van der Waals surface area contributed by atoms with Gasteiger partial charge in [-0.25, -0.2) is 0 Å². The van der Waals surface area contributed by atoms with Crippen LogP contribution in [0.1, 0.15) is 26.7 Å². The molecule has 4 nitrogen and oxygen atoms in total. The molecule has 0 heterocycles. The van der Waals surface area contributed by atoms with Gasteiger partial charge in [-0.1, -0.05) is 19.4 Å². The third kappa shape index (κ3) is 5.24. The minimum Gasteiger partial charge on any atom is -0.484 e. The summed E-state index contributed by atoms with van der Waals surface area (Å²) in [5.74, 6) is 0.511. The van der Waals surface area contributed by atoms with Crippen molar-refractivity contribution in [2.45, 2.75) is 32.7 Å². The van der Waals surface area contributed by atoms with Crippen LogP contribution >= 0.6 is 0 Å². The number of nitrogens with two attached hydrogens (primary N) is 1. The zero-order valence-corrected chi connectivity index (χ0v) is 10.4. The SMILES string of the molecule is CCCC(C)NC(=O)COc1cccc(N)c1. The van der Waals surface area contributed by atoms with Crippen LogP contribution in [0.3, 0.4) is 0 Å². The lowest BCUT2D eigenvalue weighted by Crippen LogP contribution is -2.35. The van der Waals surface area contributed by atoms with E-state index in [4.69, 9.17) is 10.5 Å². The molecule has 1 unspecified atom stereocenters. The van der Waals surface area contributed by atoms with Gasteiger partial charge in [0, 0.05) is 17.8 Å². The molecule has 0 spiro atoms. The highest BCUT2D eigenvalue weighted by molar-refractivity contribution is 5.77. The zero-order valence-electron chi connectivity index (χ0n) is 10.4. The smallest absolute Gasteiger partial charge is 0.258 e. The number of hydrogen-bond acceptors (Lipinski definition) is 3. The summed E-state index contributed by atoms with van der Waals surface area (Å²) in [6.07, 6.45) is 2.03. The van der Waals surface area contributed by atoms with E-state index in [0.29, 0.717) is 11.4 Å². The van der Waals surface area contributed by atoms with E-state index in [0.717, 1.165) is 12.8 Å². The second kappa shape index (κ2) is 6.78. The van der Waals surface area contributed by atoms with Crippen molar-refractivity contribution in [2.24, 2.45) is 0 Å². The summed E-state index contributed by atoms with van der Waals surface area (Å²) < 4.78 is 5.34. The van der Waals surface area contributed by atoms with E-state index < -0.39 is 0 Å². The Labute approximate surface area is 102 Å². The fraction of sp³-hybridized carbons (Fsp3) is 0.462. The summed E-state index contributed by atoms with van der Waals surface area (Å²) in [6, 6.07) is 7.23. The van der Waals surface area contributed by atoms with E-state index >= 15 is 0 Å². The number of nitrogens with one attached hydrogen (secondary N) is 1. The van der Waals surface area contributed by atoms with Crippen molar-refractivity contribution in [1.29, 1.82) is 0 Å². The molecular weight excluding hydrogens is 216 g/mol. The minimum atomic E-state index is -0.103. The van der Waals surface area contributed by atoms with Crippen molar-refractivity contribution < 1.29 is 9.53 Å². The molecule has 17 heavy (non-hydrogen) atoms. The quantitative estimate of drug-likeness (QED) is 0.742. The zero-order chi connectivity index (χ0) is 12.7. The molecule has 4 heteroatoms. The highest BCUT2D eigenvalue weighted by Gasteiger charge is 2.07. The Balaban J connectivity index is 2.33. The first-order chi connectivity index (χ1) is 8.11. The van der Waals surface area contributed by atoms with Crippen LogP contribution in [0.4, 0.5) is 5.69 Å². The highest BCUT2D eigenvalue weighted by atomic mass is 16.5. The molecule has 0 fully saturated rings. The molecule has 94 valence electrons. The van der Waals surface area contributed by atoms with E-state index in [9.17, 15) is 4.79 Å². The topological polar surface area (TPSA) is 64.3 Å². The van der Waals surface area contributed by atoms with Crippen molar-refractivity contribution >= 4 is 11.6 Å². The van der Waals surface area contributed by atoms with E-state index in [2.05, 4.69) is 12.2 Å². The number of benzene rings is 1. The first-order valence-corrected chi connectivity index (χ1v) is 5.89. The number of nitrogen functional groups attached to an aromatic ring is 1. The Morgan fingerprint density at radius 1 is 1.53 bits per heavy atom. The molecule has 3 N–H and O–H groups in total. The maximum Gasteiger partial charge on any atom is 0.258 e. The third-order valence-electron chi connectivity index (χ3n) is 2.36. The lowest BCUT2D eigenvalue weighted by atomic mass is 10.2. The predicted molar refractivity (Wildman–Crippen MR) is 68.9 cm³/mol. The highest BCUT2D eigenvalue weighted by Crippen LogP contribution is 2.13. The van der Waals surface area contributed by atoms with Crippen molar-refractivity contribution in [1.82, 2.24) is 5.32 Å². The Bertz CT molecular complexity index is 366. The maximum atomic E-state index is 11.5. The Hall–Kier alpha value is -1.71. The summed E-state index contributed by atoms with van der Waals surface area (Å²) in [7, 11) is 0. The Kier molecular flexibility index (Phi) is 5.33. The first-order valence-electron chi connectivity index (χ1n) is 5.89. The van der Waals surface area contributed by atoms with Crippen molar-refractivity contribution in [3.05, 3.63) is 24.3 Å². The van der Waals surface area contributed by atoms with Crippen LogP contribution < -0.4 is 15.8 Å². The third-order valence-corrected chi connectivity index (χ3v) is 2.36. The molecule has 0 aliphatic rings. The van der Waals surface area contributed by atoms with Crippen LogP contribution in [0, 0.1) is 0 Å². The number of ether oxygens (including phenoxy) is 1. The number of carbonyl (C=O) groups is 1. The fourth-order valence-corrected chi connectivity index (χ4v) is 1.57. The molecule has 0 aliphatic heterocycles. The standard InChI is InChI=1S/C13H20N2O2/c1-3-5-10(2)15-13(16)9-17-12-7-4-6-11(14)8-12/h4,6-8,10H,3,5,9,14H2,1-2H3,(H,15,16). The first kappa shape index (κ1) is 13.4. The molecule has 1 aromatic rings. The summed E-state index contributed by atoms with van der Waals surface area (Å²) >= 11 is 0. The molecule has 0 aliphatic carbocycles. The summed E-state index contributed by atoms with van der Waals surface area (Å²) in [6.45, 7) is 4.10. The van der Waals surface area contributed by atoms with Gasteiger partial charge in [-0.05, 0) is 25.5 Å². The second-order valence-corrected chi connectivity index (χ2v) is 4.12. The molecule has 1 aromatic carbocycles. The van der Waals surface area contributed by atoms with Gasteiger partial charge in [0.15, 0.2) is 6.61 Å². The van der Waals surface area contributed by atoms with Gasteiger partial charge in [-0.15, -0.1) is 0 Å². The van der Waals surface area contributed by atoms with Gasteiger partial charge in [-0.3, -0.25) is 4.79 Å². The number of amides is 1. The van der Waals surface area contributed by atoms with E-state index in [1.54, 1.807) is 24.3 Å². The van der Waals surface area contributed by atoms with Gasteiger partial charge in [0.05, 0.1) is 0 Å². The van der Waals surface area contributed by atoms with E-state index in [1.807, 2.05) is 6.92 Å². The van der Waals surface area contributed by atoms with Crippen LogP contribution in [0.2, 0.25) is 0 Å². The molecule has 0 bridgehead atoms. The van der Waals surface area contributed by atoms with Crippen molar-refractivity contribution in [3.63, 3.8) is 0 Å². The van der Waals surface area contributed by atoms with Crippen LogP contribution in [-0.2, 0) is 4.79 Å². The van der Waals surface area contributed by atoms with Crippen LogP contribution in [0.25, 0.3) is 0 Å². The van der Waals surface area contributed by atoms with Gasteiger partial charge >= 0.3 is 0 Å². The molecule has 0 saturated carbocycles. The summed E-state index contributed by atoms with van der Waals surface area (Å²) in [5, 5.41) is 2.87. The monoisotopic (exact) mass is 236 g/mol. The number of carbonyl (C=O) groups excluding carboxylic acids is 1. The Morgan fingerprint density at radius 2 is 2.29 bits per heavy atom. The normalized spacial score (nSPS) is 11.9. The summed E-state index contributed by atoms with van der Waals surface area (Å²) in [4.78, 5) is 11.5.